The minimum atomic E-state index is -0.0755. The zero-order valence-electron chi connectivity index (χ0n) is 15.6. The smallest absolute Gasteiger partial charge is 0.139 e. The van der Waals surface area contributed by atoms with E-state index in [0.717, 1.165) is 23.4 Å². The fourth-order valence-corrected chi connectivity index (χ4v) is 4.67. The van der Waals surface area contributed by atoms with Crippen LogP contribution in [0.2, 0.25) is 10.0 Å². The zero-order chi connectivity index (χ0) is 19.7. The van der Waals surface area contributed by atoms with E-state index in [9.17, 15) is 5.11 Å². The van der Waals surface area contributed by atoms with Crippen molar-refractivity contribution in [1.82, 2.24) is 0 Å². The summed E-state index contributed by atoms with van der Waals surface area (Å²) in [4.78, 5) is 0. The van der Waals surface area contributed by atoms with Gasteiger partial charge in [-0.05, 0) is 55.2 Å². The van der Waals surface area contributed by atoms with Gasteiger partial charge in [0.25, 0.3) is 0 Å². The predicted octanol–water partition coefficient (Wildman–Crippen LogP) is 5.94. The first-order chi connectivity index (χ1) is 13.6. The Balaban J connectivity index is 1.63. The summed E-state index contributed by atoms with van der Waals surface area (Å²) in [5.41, 5.74) is 2.97. The normalized spacial score (nSPS) is 22.5. The standard InChI is InChI=1S/C22H23Cl2NO3/c1-2-27-8-9-28-14-6-7-20-17(12-14)15-4-3-5-16(15)21(25-20)18-10-13(23)11-19(24)22(18)26/h3-4,6-7,10-12,15-16,21,25-26H,2,5,8-9H2,1H3. The molecule has 28 heavy (non-hydrogen) atoms. The number of anilines is 1. The average Bonchev–Trinajstić information content (AvgIpc) is 3.18. The van der Waals surface area contributed by atoms with Gasteiger partial charge in [-0.25, -0.2) is 0 Å². The number of hydrogen-bond acceptors (Lipinski definition) is 4. The molecule has 4 nitrogen and oxygen atoms in total. The zero-order valence-corrected chi connectivity index (χ0v) is 17.1. The molecule has 2 N–H and O–H groups in total. The molecule has 2 aliphatic rings. The van der Waals surface area contributed by atoms with E-state index in [2.05, 4.69) is 23.5 Å². The number of fused-ring (bicyclic) bond motifs is 3. The SMILES string of the molecule is CCOCCOc1ccc2c(c1)C1C=CCC1C(c1cc(Cl)cc(Cl)c1O)N2. The van der Waals surface area contributed by atoms with Crippen molar-refractivity contribution in [2.75, 3.05) is 25.1 Å². The first-order valence-corrected chi connectivity index (χ1v) is 10.3. The van der Waals surface area contributed by atoms with E-state index < -0.39 is 0 Å². The summed E-state index contributed by atoms with van der Waals surface area (Å²) < 4.78 is 11.2. The minimum Gasteiger partial charge on any atom is -0.506 e. The van der Waals surface area contributed by atoms with Crippen LogP contribution in [0, 0.1) is 5.92 Å². The molecule has 2 aromatic carbocycles. The van der Waals surface area contributed by atoms with Crippen LogP contribution >= 0.6 is 23.2 Å². The van der Waals surface area contributed by atoms with Gasteiger partial charge in [0.1, 0.15) is 18.1 Å². The number of benzene rings is 2. The number of hydrogen-bond donors (Lipinski definition) is 2. The molecule has 0 saturated carbocycles. The van der Waals surface area contributed by atoms with Gasteiger partial charge >= 0.3 is 0 Å². The van der Waals surface area contributed by atoms with Crippen LogP contribution in [-0.4, -0.2) is 24.9 Å². The lowest BCUT2D eigenvalue weighted by molar-refractivity contribution is 0.110. The van der Waals surface area contributed by atoms with Gasteiger partial charge in [0.05, 0.1) is 17.7 Å². The quantitative estimate of drug-likeness (QED) is 0.449. The molecule has 0 saturated heterocycles. The molecule has 1 heterocycles. The highest BCUT2D eigenvalue weighted by Crippen LogP contribution is 2.52. The summed E-state index contributed by atoms with van der Waals surface area (Å²) in [7, 11) is 0. The first kappa shape index (κ1) is 19.4. The maximum atomic E-state index is 10.5. The Bertz CT molecular complexity index is 900. The summed E-state index contributed by atoms with van der Waals surface area (Å²) in [6.07, 6.45) is 5.36. The van der Waals surface area contributed by atoms with Crippen LogP contribution < -0.4 is 10.1 Å². The van der Waals surface area contributed by atoms with Crippen molar-refractivity contribution in [2.45, 2.75) is 25.3 Å². The van der Waals surface area contributed by atoms with Crippen molar-refractivity contribution in [3.8, 4) is 11.5 Å². The van der Waals surface area contributed by atoms with E-state index in [0.29, 0.717) is 24.8 Å². The summed E-state index contributed by atoms with van der Waals surface area (Å²) in [6, 6.07) is 9.38. The van der Waals surface area contributed by atoms with Gasteiger partial charge in [0, 0.05) is 28.8 Å². The highest BCUT2D eigenvalue weighted by atomic mass is 35.5. The van der Waals surface area contributed by atoms with Gasteiger partial charge in [-0.15, -0.1) is 0 Å². The van der Waals surface area contributed by atoms with E-state index in [1.165, 1.54) is 5.56 Å². The van der Waals surface area contributed by atoms with Crippen molar-refractivity contribution in [3.63, 3.8) is 0 Å². The van der Waals surface area contributed by atoms with Crippen molar-refractivity contribution < 1.29 is 14.6 Å². The molecule has 3 atom stereocenters. The molecule has 6 heteroatoms. The van der Waals surface area contributed by atoms with E-state index in [-0.39, 0.29) is 28.6 Å². The molecule has 1 aliphatic carbocycles. The Morgan fingerprint density at radius 1 is 1.14 bits per heavy atom. The molecular weight excluding hydrogens is 397 g/mol. The van der Waals surface area contributed by atoms with E-state index >= 15 is 0 Å². The van der Waals surface area contributed by atoms with Gasteiger partial charge < -0.3 is 19.9 Å². The lowest BCUT2D eigenvalue weighted by Crippen LogP contribution is -2.29. The Labute approximate surface area is 175 Å². The Kier molecular flexibility index (Phi) is 5.72. The average molecular weight is 420 g/mol. The van der Waals surface area contributed by atoms with E-state index in [1.807, 2.05) is 19.1 Å². The molecule has 4 rings (SSSR count). The molecule has 0 radical (unpaired) electrons. The molecule has 148 valence electrons. The third-order valence-corrected chi connectivity index (χ3v) is 5.93. The Morgan fingerprint density at radius 3 is 2.82 bits per heavy atom. The molecule has 0 spiro atoms. The molecule has 0 amide bonds. The van der Waals surface area contributed by atoms with Crippen LogP contribution in [0.25, 0.3) is 0 Å². The second-order valence-corrected chi connectivity index (χ2v) is 7.94. The van der Waals surface area contributed by atoms with Gasteiger partial charge in [-0.1, -0.05) is 35.4 Å². The van der Waals surface area contributed by atoms with Crippen LogP contribution in [0.4, 0.5) is 5.69 Å². The van der Waals surface area contributed by atoms with E-state index in [4.69, 9.17) is 32.7 Å². The molecular formula is C22H23Cl2NO3. The highest BCUT2D eigenvalue weighted by Gasteiger charge is 2.39. The summed E-state index contributed by atoms with van der Waals surface area (Å²) in [6.45, 7) is 3.77. The molecule has 0 bridgehead atoms. The largest absolute Gasteiger partial charge is 0.506 e. The summed E-state index contributed by atoms with van der Waals surface area (Å²) in [5, 5.41) is 14.9. The lowest BCUT2D eigenvalue weighted by Gasteiger charge is -2.38. The lowest BCUT2D eigenvalue weighted by atomic mass is 9.77. The number of phenolic OH excluding ortho intramolecular Hbond substituents is 1. The van der Waals surface area contributed by atoms with Gasteiger partial charge in [-0.2, -0.15) is 0 Å². The van der Waals surface area contributed by atoms with Crippen LogP contribution in [0.1, 0.15) is 36.4 Å². The minimum absolute atomic E-state index is 0.0755. The van der Waals surface area contributed by atoms with Crippen molar-refractivity contribution >= 4 is 28.9 Å². The fourth-order valence-electron chi connectivity index (χ4n) is 4.16. The topological polar surface area (TPSA) is 50.7 Å². The van der Waals surface area contributed by atoms with Gasteiger partial charge in [-0.3, -0.25) is 0 Å². The molecule has 1 aliphatic heterocycles. The molecule has 0 fully saturated rings. The second kappa shape index (κ2) is 8.24. The summed E-state index contributed by atoms with van der Waals surface area (Å²) in [5.74, 6) is 1.44. The monoisotopic (exact) mass is 419 g/mol. The highest BCUT2D eigenvalue weighted by molar-refractivity contribution is 6.35. The fraction of sp³-hybridized carbons (Fsp3) is 0.364. The molecule has 2 aromatic rings. The van der Waals surface area contributed by atoms with Crippen LogP contribution in [0.15, 0.2) is 42.5 Å². The van der Waals surface area contributed by atoms with Crippen molar-refractivity contribution in [2.24, 2.45) is 5.92 Å². The molecule has 0 aromatic heterocycles. The first-order valence-electron chi connectivity index (χ1n) is 9.54. The van der Waals surface area contributed by atoms with Crippen LogP contribution in [0.3, 0.4) is 0 Å². The molecule has 3 unspecified atom stereocenters. The number of ether oxygens (including phenoxy) is 2. The Morgan fingerprint density at radius 2 is 2.00 bits per heavy atom. The van der Waals surface area contributed by atoms with E-state index in [1.54, 1.807) is 12.1 Å². The van der Waals surface area contributed by atoms with Gasteiger partial charge in [0.2, 0.25) is 0 Å². The number of nitrogens with one attached hydrogen (secondary N) is 1. The van der Waals surface area contributed by atoms with Crippen LogP contribution in [-0.2, 0) is 4.74 Å². The van der Waals surface area contributed by atoms with Crippen molar-refractivity contribution in [1.29, 1.82) is 0 Å². The number of allylic oxidation sites excluding steroid dienone is 2. The second-order valence-electron chi connectivity index (χ2n) is 7.10. The van der Waals surface area contributed by atoms with Gasteiger partial charge in [0.15, 0.2) is 0 Å². The Hall–Kier alpha value is -1.88. The van der Waals surface area contributed by atoms with Crippen molar-refractivity contribution in [3.05, 3.63) is 63.7 Å². The number of phenols is 1. The predicted molar refractivity (Wildman–Crippen MR) is 113 cm³/mol. The third kappa shape index (κ3) is 3.69. The maximum absolute atomic E-state index is 10.5. The number of rotatable bonds is 6. The summed E-state index contributed by atoms with van der Waals surface area (Å²) >= 11 is 12.4. The number of aromatic hydroxyl groups is 1. The third-order valence-electron chi connectivity index (χ3n) is 5.43. The van der Waals surface area contributed by atoms with Crippen LogP contribution in [0.5, 0.6) is 11.5 Å². The maximum Gasteiger partial charge on any atom is 0.139 e. The number of halogens is 2.